The second-order valence-electron chi connectivity index (χ2n) is 9.35. The Morgan fingerprint density at radius 1 is 1.19 bits per heavy atom. The van der Waals surface area contributed by atoms with Gasteiger partial charge in [-0.25, -0.2) is 0 Å². The standard InChI is InChI=1S/C23H34N2O2/c1-22(2)9-7-17(8-10-22)20-15-18(5-6-19(20)21(24)26)23(16-25(3)4)11-13-27-14-12-23/h5-7,15H,8-14,16H2,1-4H3,(H2,24,26). The minimum absolute atomic E-state index is 0.0706. The summed E-state index contributed by atoms with van der Waals surface area (Å²) in [5, 5.41) is 0. The van der Waals surface area contributed by atoms with Crippen molar-refractivity contribution >= 4 is 11.5 Å². The number of hydrogen-bond acceptors (Lipinski definition) is 3. The largest absolute Gasteiger partial charge is 0.381 e. The van der Waals surface area contributed by atoms with Gasteiger partial charge >= 0.3 is 0 Å². The van der Waals surface area contributed by atoms with Gasteiger partial charge in [0, 0.05) is 30.7 Å². The maximum atomic E-state index is 12.1. The minimum atomic E-state index is -0.337. The van der Waals surface area contributed by atoms with Crippen LogP contribution in [-0.4, -0.2) is 44.7 Å². The van der Waals surface area contributed by atoms with E-state index in [0.29, 0.717) is 11.0 Å². The number of nitrogens with zero attached hydrogens (tertiary/aromatic N) is 1. The van der Waals surface area contributed by atoms with Gasteiger partial charge in [-0.3, -0.25) is 4.79 Å². The fourth-order valence-corrected chi connectivity index (χ4v) is 4.58. The summed E-state index contributed by atoms with van der Waals surface area (Å²) in [5.74, 6) is -0.337. The molecule has 4 heteroatoms. The number of benzene rings is 1. The molecule has 0 saturated carbocycles. The molecule has 0 aromatic heterocycles. The van der Waals surface area contributed by atoms with Gasteiger partial charge in [0.1, 0.15) is 0 Å². The van der Waals surface area contributed by atoms with Crippen molar-refractivity contribution in [2.45, 2.75) is 51.4 Å². The average molecular weight is 371 g/mol. The number of allylic oxidation sites excluding steroid dienone is 2. The van der Waals surface area contributed by atoms with Crippen LogP contribution in [0.5, 0.6) is 0 Å². The van der Waals surface area contributed by atoms with Crippen molar-refractivity contribution in [1.29, 1.82) is 0 Å². The Morgan fingerprint density at radius 2 is 1.89 bits per heavy atom. The molecule has 1 aromatic carbocycles. The van der Waals surface area contributed by atoms with Gasteiger partial charge in [0.15, 0.2) is 0 Å². The van der Waals surface area contributed by atoms with Crippen LogP contribution >= 0.6 is 0 Å². The molecule has 0 unspecified atom stereocenters. The first-order chi connectivity index (χ1) is 12.7. The second kappa shape index (κ2) is 7.76. The Balaban J connectivity index is 2.05. The highest BCUT2D eigenvalue weighted by atomic mass is 16.5. The number of likely N-dealkylation sites (N-methyl/N-ethyl adjacent to an activating group) is 1. The van der Waals surface area contributed by atoms with E-state index in [1.807, 2.05) is 6.07 Å². The Bertz CT molecular complexity index is 728. The van der Waals surface area contributed by atoms with E-state index in [1.165, 1.54) is 11.1 Å². The zero-order chi connectivity index (χ0) is 19.7. The second-order valence-corrected chi connectivity index (χ2v) is 9.35. The SMILES string of the molecule is CN(C)CC1(c2ccc(C(N)=O)c(C3=CCC(C)(C)CC3)c2)CCOCC1. The van der Waals surface area contributed by atoms with Gasteiger partial charge in [-0.2, -0.15) is 0 Å². The molecule has 27 heavy (non-hydrogen) atoms. The maximum Gasteiger partial charge on any atom is 0.249 e. The average Bonchev–Trinajstić information content (AvgIpc) is 2.61. The highest BCUT2D eigenvalue weighted by Crippen LogP contribution is 2.41. The molecule has 0 radical (unpaired) electrons. The third-order valence-corrected chi connectivity index (χ3v) is 6.28. The molecule has 0 spiro atoms. The molecule has 1 saturated heterocycles. The maximum absolute atomic E-state index is 12.1. The normalized spacial score (nSPS) is 21.7. The fourth-order valence-electron chi connectivity index (χ4n) is 4.58. The number of carbonyl (C=O) groups excluding carboxylic acids is 1. The molecule has 2 aliphatic rings. The smallest absolute Gasteiger partial charge is 0.249 e. The van der Waals surface area contributed by atoms with Crippen LogP contribution in [0.3, 0.4) is 0 Å². The van der Waals surface area contributed by atoms with E-state index < -0.39 is 0 Å². The van der Waals surface area contributed by atoms with E-state index in [9.17, 15) is 4.79 Å². The van der Waals surface area contributed by atoms with Crippen molar-refractivity contribution in [2.75, 3.05) is 33.9 Å². The molecule has 2 N–H and O–H groups in total. The quantitative estimate of drug-likeness (QED) is 0.853. The minimum Gasteiger partial charge on any atom is -0.381 e. The van der Waals surface area contributed by atoms with Crippen molar-refractivity contribution in [3.8, 4) is 0 Å². The predicted octanol–water partition coefficient (Wildman–Crippen LogP) is 3.99. The number of primary amides is 1. The van der Waals surface area contributed by atoms with E-state index in [-0.39, 0.29) is 11.3 Å². The summed E-state index contributed by atoms with van der Waals surface area (Å²) in [6.07, 6.45) is 7.51. The summed E-state index contributed by atoms with van der Waals surface area (Å²) in [6.45, 7) is 7.17. The first-order valence-electron chi connectivity index (χ1n) is 10.1. The van der Waals surface area contributed by atoms with Gasteiger partial charge in [0.05, 0.1) is 0 Å². The van der Waals surface area contributed by atoms with Crippen molar-refractivity contribution < 1.29 is 9.53 Å². The van der Waals surface area contributed by atoms with Gasteiger partial charge in [-0.1, -0.05) is 32.1 Å². The summed E-state index contributed by atoms with van der Waals surface area (Å²) in [6, 6.07) is 6.31. The third-order valence-electron chi connectivity index (χ3n) is 6.28. The molecule has 1 aromatic rings. The molecular weight excluding hydrogens is 336 g/mol. The lowest BCUT2D eigenvalue weighted by Gasteiger charge is -2.40. The Kier molecular flexibility index (Phi) is 5.78. The molecule has 148 valence electrons. The number of hydrogen-bond donors (Lipinski definition) is 1. The van der Waals surface area contributed by atoms with E-state index >= 15 is 0 Å². The van der Waals surface area contributed by atoms with E-state index in [1.54, 1.807) is 0 Å². The highest BCUT2D eigenvalue weighted by Gasteiger charge is 2.36. The summed E-state index contributed by atoms with van der Waals surface area (Å²) in [4.78, 5) is 14.4. The summed E-state index contributed by atoms with van der Waals surface area (Å²) < 4.78 is 5.66. The molecule has 3 rings (SSSR count). The first-order valence-corrected chi connectivity index (χ1v) is 10.1. The molecule has 1 amide bonds. The van der Waals surface area contributed by atoms with Crippen LogP contribution in [-0.2, 0) is 10.2 Å². The topological polar surface area (TPSA) is 55.6 Å². The zero-order valence-electron chi connectivity index (χ0n) is 17.3. The van der Waals surface area contributed by atoms with E-state index in [2.05, 4.69) is 51.1 Å². The summed E-state index contributed by atoms with van der Waals surface area (Å²) >= 11 is 0. The number of carbonyl (C=O) groups is 1. The number of nitrogens with two attached hydrogens (primary N) is 1. The Hall–Kier alpha value is -1.65. The van der Waals surface area contributed by atoms with Gasteiger partial charge in [-0.15, -0.1) is 0 Å². The Morgan fingerprint density at radius 3 is 2.44 bits per heavy atom. The lowest BCUT2D eigenvalue weighted by atomic mass is 9.71. The highest BCUT2D eigenvalue weighted by molar-refractivity contribution is 5.98. The third kappa shape index (κ3) is 4.44. The van der Waals surface area contributed by atoms with Crippen molar-refractivity contribution in [3.63, 3.8) is 0 Å². The van der Waals surface area contributed by atoms with E-state index in [4.69, 9.17) is 10.5 Å². The molecule has 1 aliphatic carbocycles. The lowest BCUT2D eigenvalue weighted by molar-refractivity contribution is 0.0401. The van der Waals surface area contributed by atoms with Crippen LogP contribution in [0, 0.1) is 5.41 Å². The van der Waals surface area contributed by atoms with Crippen molar-refractivity contribution in [3.05, 3.63) is 41.0 Å². The molecule has 1 heterocycles. The van der Waals surface area contributed by atoms with Crippen LogP contribution in [0.25, 0.3) is 5.57 Å². The predicted molar refractivity (Wildman–Crippen MR) is 111 cm³/mol. The molecule has 4 nitrogen and oxygen atoms in total. The van der Waals surface area contributed by atoms with Crippen LogP contribution in [0.4, 0.5) is 0 Å². The molecule has 1 aliphatic heterocycles. The van der Waals surface area contributed by atoms with Crippen molar-refractivity contribution in [2.24, 2.45) is 11.1 Å². The lowest BCUT2D eigenvalue weighted by Crippen LogP contribution is -2.42. The zero-order valence-corrected chi connectivity index (χ0v) is 17.3. The van der Waals surface area contributed by atoms with E-state index in [0.717, 1.165) is 57.4 Å². The number of rotatable bonds is 5. The summed E-state index contributed by atoms with van der Waals surface area (Å²) in [5.41, 5.74) is 10.4. The van der Waals surface area contributed by atoms with Crippen LogP contribution < -0.4 is 5.73 Å². The monoisotopic (exact) mass is 370 g/mol. The molecule has 0 bridgehead atoms. The van der Waals surface area contributed by atoms with Gasteiger partial charge in [-0.05, 0) is 74.4 Å². The number of ether oxygens (including phenoxy) is 1. The Labute approximate surface area is 163 Å². The summed E-state index contributed by atoms with van der Waals surface area (Å²) in [7, 11) is 4.25. The van der Waals surface area contributed by atoms with Crippen LogP contribution in [0.15, 0.2) is 24.3 Å². The van der Waals surface area contributed by atoms with Gasteiger partial charge in [0.2, 0.25) is 5.91 Å². The van der Waals surface area contributed by atoms with Crippen molar-refractivity contribution in [1.82, 2.24) is 4.90 Å². The van der Waals surface area contributed by atoms with Gasteiger partial charge in [0.25, 0.3) is 0 Å². The molecular formula is C23H34N2O2. The van der Waals surface area contributed by atoms with Gasteiger partial charge < -0.3 is 15.4 Å². The van der Waals surface area contributed by atoms with Crippen LogP contribution in [0.2, 0.25) is 0 Å². The number of amides is 1. The molecule has 0 atom stereocenters. The fraction of sp³-hybridized carbons (Fsp3) is 0.609. The first kappa shape index (κ1) is 20.1. The molecule has 1 fully saturated rings. The van der Waals surface area contributed by atoms with Crippen LogP contribution in [0.1, 0.15) is 67.4 Å².